The fourth-order valence-corrected chi connectivity index (χ4v) is 2.10. The van der Waals surface area contributed by atoms with Gasteiger partial charge in [-0.1, -0.05) is 13.8 Å². The molecule has 1 nitrogen and oxygen atoms in total. The molecule has 0 aliphatic carbocycles. The Morgan fingerprint density at radius 3 is 2.50 bits per heavy atom. The normalized spacial score (nSPS) is 19.3. The molecule has 1 heterocycles. The van der Waals surface area contributed by atoms with E-state index in [2.05, 4.69) is 34.7 Å². The third-order valence-electron chi connectivity index (χ3n) is 2.51. The van der Waals surface area contributed by atoms with Crippen LogP contribution in [0.3, 0.4) is 0 Å². The van der Waals surface area contributed by atoms with Crippen molar-refractivity contribution in [1.29, 1.82) is 0 Å². The van der Waals surface area contributed by atoms with Crippen molar-refractivity contribution in [2.45, 2.75) is 13.8 Å². The summed E-state index contributed by atoms with van der Waals surface area (Å²) in [4.78, 5) is 2.19. The van der Waals surface area contributed by atoms with Crippen LogP contribution in [-0.4, -0.2) is 13.1 Å². The van der Waals surface area contributed by atoms with E-state index >= 15 is 0 Å². The topological polar surface area (TPSA) is 3.24 Å². The van der Waals surface area contributed by atoms with Crippen LogP contribution >= 0.6 is 15.9 Å². The van der Waals surface area contributed by atoms with E-state index in [-0.39, 0.29) is 5.82 Å². The molecule has 1 fully saturated rings. The van der Waals surface area contributed by atoms with E-state index in [9.17, 15) is 4.39 Å². The van der Waals surface area contributed by atoms with Gasteiger partial charge in [0.25, 0.3) is 0 Å². The van der Waals surface area contributed by atoms with Gasteiger partial charge in [-0.2, -0.15) is 0 Å². The molecule has 1 saturated heterocycles. The van der Waals surface area contributed by atoms with Crippen molar-refractivity contribution in [2.24, 2.45) is 5.41 Å². The van der Waals surface area contributed by atoms with Crippen molar-refractivity contribution in [1.82, 2.24) is 0 Å². The summed E-state index contributed by atoms with van der Waals surface area (Å²) in [6.45, 7) is 6.46. The van der Waals surface area contributed by atoms with Crippen LogP contribution in [0.1, 0.15) is 13.8 Å². The standard InChI is InChI=1S/C11H13BrFN/c1-11(2)6-14(7-11)8-3-4-9(12)10(13)5-8/h3-5H,6-7H2,1-2H3. The highest BCUT2D eigenvalue weighted by Gasteiger charge is 2.34. The number of benzene rings is 1. The Balaban J connectivity index is 2.16. The van der Waals surface area contributed by atoms with Crippen LogP contribution in [-0.2, 0) is 0 Å². The van der Waals surface area contributed by atoms with Crippen molar-refractivity contribution in [2.75, 3.05) is 18.0 Å². The van der Waals surface area contributed by atoms with Crippen LogP contribution in [0.4, 0.5) is 10.1 Å². The fourth-order valence-electron chi connectivity index (χ4n) is 1.85. The minimum absolute atomic E-state index is 0.188. The molecule has 1 aromatic carbocycles. The quantitative estimate of drug-likeness (QED) is 0.745. The lowest BCUT2D eigenvalue weighted by molar-refractivity contribution is 0.276. The number of halogens is 2. The molecular weight excluding hydrogens is 245 g/mol. The molecule has 14 heavy (non-hydrogen) atoms. The summed E-state index contributed by atoms with van der Waals surface area (Å²) >= 11 is 3.15. The van der Waals surface area contributed by atoms with Crippen LogP contribution in [0.2, 0.25) is 0 Å². The average molecular weight is 258 g/mol. The van der Waals surface area contributed by atoms with Gasteiger partial charge in [-0.3, -0.25) is 0 Å². The molecule has 1 aliphatic rings. The first-order valence-electron chi connectivity index (χ1n) is 4.68. The molecule has 0 atom stereocenters. The van der Waals surface area contributed by atoms with Gasteiger partial charge in [0, 0.05) is 18.8 Å². The number of anilines is 1. The first-order chi connectivity index (χ1) is 6.48. The Morgan fingerprint density at radius 1 is 1.36 bits per heavy atom. The van der Waals surface area contributed by atoms with Gasteiger partial charge in [-0.15, -0.1) is 0 Å². The number of nitrogens with zero attached hydrogens (tertiary/aromatic N) is 1. The van der Waals surface area contributed by atoms with Crippen molar-refractivity contribution in [3.05, 3.63) is 28.5 Å². The molecule has 1 aliphatic heterocycles. The molecule has 0 unspecified atom stereocenters. The van der Waals surface area contributed by atoms with Gasteiger partial charge in [0.05, 0.1) is 4.47 Å². The predicted octanol–water partition coefficient (Wildman–Crippen LogP) is 3.43. The van der Waals surface area contributed by atoms with Crippen molar-refractivity contribution in [3.8, 4) is 0 Å². The second-order valence-electron chi connectivity index (χ2n) is 4.62. The summed E-state index contributed by atoms with van der Waals surface area (Å²) < 4.78 is 13.7. The predicted molar refractivity (Wildman–Crippen MR) is 60.1 cm³/mol. The minimum atomic E-state index is -0.188. The second kappa shape index (κ2) is 3.23. The summed E-state index contributed by atoms with van der Waals surface area (Å²) in [7, 11) is 0. The van der Waals surface area contributed by atoms with E-state index in [1.165, 1.54) is 0 Å². The Labute approximate surface area is 92.0 Å². The lowest BCUT2D eigenvalue weighted by atomic mass is 9.84. The summed E-state index contributed by atoms with van der Waals surface area (Å²) in [6, 6.07) is 5.29. The van der Waals surface area contributed by atoms with E-state index < -0.39 is 0 Å². The molecule has 2 rings (SSSR count). The third-order valence-corrected chi connectivity index (χ3v) is 3.15. The maximum absolute atomic E-state index is 13.2. The maximum Gasteiger partial charge on any atom is 0.139 e. The smallest absolute Gasteiger partial charge is 0.139 e. The number of rotatable bonds is 1. The van der Waals surface area contributed by atoms with Crippen molar-refractivity contribution >= 4 is 21.6 Å². The van der Waals surface area contributed by atoms with E-state index in [0.29, 0.717) is 9.89 Å². The van der Waals surface area contributed by atoms with Crippen LogP contribution in [0.15, 0.2) is 22.7 Å². The maximum atomic E-state index is 13.2. The van der Waals surface area contributed by atoms with E-state index in [0.717, 1.165) is 18.8 Å². The van der Waals surface area contributed by atoms with E-state index in [1.807, 2.05) is 6.07 Å². The van der Waals surface area contributed by atoms with Gasteiger partial charge in [-0.05, 0) is 39.5 Å². The molecule has 0 aromatic heterocycles. The molecule has 3 heteroatoms. The molecule has 0 bridgehead atoms. The van der Waals surface area contributed by atoms with Crippen molar-refractivity contribution in [3.63, 3.8) is 0 Å². The molecule has 1 aromatic rings. The largest absolute Gasteiger partial charge is 0.370 e. The van der Waals surface area contributed by atoms with Crippen LogP contribution in [0.25, 0.3) is 0 Å². The average Bonchev–Trinajstić information content (AvgIpc) is 2.06. The summed E-state index contributed by atoms with van der Waals surface area (Å²) in [5.74, 6) is -0.188. The molecule has 0 saturated carbocycles. The highest BCUT2D eigenvalue weighted by molar-refractivity contribution is 9.10. The number of hydrogen-bond donors (Lipinski definition) is 0. The zero-order valence-electron chi connectivity index (χ0n) is 8.35. The minimum Gasteiger partial charge on any atom is -0.370 e. The lowest BCUT2D eigenvalue weighted by Crippen LogP contribution is -2.53. The van der Waals surface area contributed by atoms with Crippen molar-refractivity contribution < 1.29 is 4.39 Å². The SMILES string of the molecule is CC1(C)CN(c2ccc(Br)c(F)c2)C1. The number of hydrogen-bond acceptors (Lipinski definition) is 1. The first-order valence-corrected chi connectivity index (χ1v) is 5.47. The van der Waals surface area contributed by atoms with Gasteiger partial charge in [0.2, 0.25) is 0 Å². The summed E-state index contributed by atoms with van der Waals surface area (Å²) in [6.07, 6.45) is 0. The van der Waals surface area contributed by atoms with Gasteiger partial charge in [-0.25, -0.2) is 4.39 Å². The van der Waals surface area contributed by atoms with Gasteiger partial charge >= 0.3 is 0 Å². The van der Waals surface area contributed by atoms with Gasteiger partial charge < -0.3 is 4.90 Å². The van der Waals surface area contributed by atoms with Crippen LogP contribution < -0.4 is 4.90 Å². The Morgan fingerprint density at radius 2 is 2.00 bits per heavy atom. The Bertz CT molecular complexity index is 354. The fraction of sp³-hybridized carbons (Fsp3) is 0.455. The monoisotopic (exact) mass is 257 g/mol. The van der Waals surface area contributed by atoms with E-state index in [1.54, 1.807) is 12.1 Å². The molecule has 0 N–H and O–H groups in total. The highest BCUT2D eigenvalue weighted by atomic mass is 79.9. The second-order valence-corrected chi connectivity index (χ2v) is 5.47. The first kappa shape index (κ1) is 9.97. The van der Waals surface area contributed by atoms with Crippen LogP contribution in [0, 0.1) is 11.2 Å². The highest BCUT2D eigenvalue weighted by Crippen LogP contribution is 2.34. The van der Waals surface area contributed by atoms with E-state index in [4.69, 9.17) is 0 Å². The van der Waals surface area contributed by atoms with Gasteiger partial charge in [0.1, 0.15) is 5.82 Å². The molecule has 76 valence electrons. The molecule has 0 spiro atoms. The van der Waals surface area contributed by atoms with Crippen LogP contribution in [0.5, 0.6) is 0 Å². The summed E-state index contributed by atoms with van der Waals surface area (Å²) in [5, 5.41) is 0. The third kappa shape index (κ3) is 1.78. The van der Waals surface area contributed by atoms with Gasteiger partial charge in [0.15, 0.2) is 0 Å². The molecule has 0 amide bonds. The Kier molecular flexibility index (Phi) is 2.30. The molecular formula is C11H13BrFN. The summed E-state index contributed by atoms with van der Waals surface area (Å²) in [5.41, 5.74) is 1.36. The lowest BCUT2D eigenvalue weighted by Gasteiger charge is -2.47. The zero-order valence-corrected chi connectivity index (χ0v) is 9.94. The zero-order chi connectivity index (χ0) is 10.3. The Hall–Kier alpha value is -0.570. The molecule has 0 radical (unpaired) electrons.